The normalized spacial score (nSPS) is 18.2. The Bertz CT molecular complexity index is 1440. The zero-order valence-corrected chi connectivity index (χ0v) is 19.1. The summed E-state index contributed by atoms with van der Waals surface area (Å²) in [6.07, 6.45) is 6.03. The number of allylic oxidation sites excluding steroid dienone is 5. The van der Waals surface area contributed by atoms with E-state index in [0.29, 0.717) is 0 Å². The molecule has 0 radical (unpaired) electrons. The lowest BCUT2D eigenvalue weighted by atomic mass is 9.74. The van der Waals surface area contributed by atoms with Crippen LogP contribution in [0.2, 0.25) is 0 Å². The van der Waals surface area contributed by atoms with Crippen molar-refractivity contribution in [2.45, 2.75) is 5.41 Å². The standard InChI is InChI=1S/C31H21Br/c1-2-3-14-24-23-15-7-9-18-26(23)31(30(24)32)27-19-10-8-16-25(27)29-22(17-11-20-28(29)31)21-12-5-4-6-13-21/h2-20H,1H2/b14-3-. The predicted molar refractivity (Wildman–Crippen MR) is 139 cm³/mol. The summed E-state index contributed by atoms with van der Waals surface area (Å²) in [5.41, 5.74) is 11.3. The first kappa shape index (κ1) is 19.3. The minimum absolute atomic E-state index is 0.353. The Balaban J connectivity index is 1.77. The van der Waals surface area contributed by atoms with Crippen LogP contribution in [0, 0.1) is 0 Å². The summed E-state index contributed by atoms with van der Waals surface area (Å²) in [7, 11) is 0. The molecule has 0 nitrogen and oxygen atoms in total. The van der Waals surface area contributed by atoms with Gasteiger partial charge in [-0.1, -0.05) is 138 Å². The molecule has 4 aromatic carbocycles. The molecule has 32 heavy (non-hydrogen) atoms. The van der Waals surface area contributed by atoms with Crippen LogP contribution >= 0.6 is 15.9 Å². The van der Waals surface area contributed by atoms with Crippen LogP contribution in [-0.4, -0.2) is 0 Å². The lowest BCUT2D eigenvalue weighted by molar-refractivity contribution is 0.811. The van der Waals surface area contributed by atoms with Crippen LogP contribution in [-0.2, 0) is 5.41 Å². The third kappa shape index (κ3) is 2.43. The second-order valence-corrected chi connectivity index (χ2v) is 9.05. The first-order chi connectivity index (χ1) is 15.8. The predicted octanol–water partition coefficient (Wildman–Crippen LogP) is 8.53. The summed E-state index contributed by atoms with van der Waals surface area (Å²) in [5.74, 6) is 0. The molecule has 0 heterocycles. The van der Waals surface area contributed by atoms with E-state index in [9.17, 15) is 0 Å². The van der Waals surface area contributed by atoms with Crippen molar-refractivity contribution in [2.24, 2.45) is 0 Å². The van der Waals surface area contributed by atoms with Crippen molar-refractivity contribution in [3.8, 4) is 22.3 Å². The highest BCUT2D eigenvalue weighted by atomic mass is 79.9. The van der Waals surface area contributed by atoms with E-state index >= 15 is 0 Å². The van der Waals surface area contributed by atoms with Crippen LogP contribution < -0.4 is 0 Å². The van der Waals surface area contributed by atoms with Crippen molar-refractivity contribution in [3.63, 3.8) is 0 Å². The molecule has 0 saturated carbocycles. The molecule has 2 aliphatic rings. The average Bonchev–Trinajstić information content (AvgIpc) is 3.29. The summed E-state index contributed by atoms with van der Waals surface area (Å²) < 4.78 is 1.20. The number of hydrogen-bond acceptors (Lipinski definition) is 0. The van der Waals surface area contributed by atoms with Crippen LogP contribution in [0.25, 0.3) is 27.8 Å². The fourth-order valence-electron chi connectivity index (χ4n) is 5.52. The molecule has 2 aliphatic carbocycles. The topological polar surface area (TPSA) is 0 Å². The number of fused-ring (bicyclic) bond motifs is 7. The van der Waals surface area contributed by atoms with E-state index in [-0.39, 0.29) is 5.41 Å². The van der Waals surface area contributed by atoms with Crippen LogP contribution in [0.4, 0.5) is 0 Å². The Morgan fingerprint density at radius 2 is 1.22 bits per heavy atom. The van der Waals surface area contributed by atoms with E-state index in [0.717, 1.165) is 0 Å². The van der Waals surface area contributed by atoms with Gasteiger partial charge in [0, 0.05) is 4.48 Å². The molecule has 1 unspecified atom stereocenters. The van der Waals surface area contributed by atoms with Gasteiger partial charge in [-0.05, 0) is 50.1 Å². The monoisotopic (exact) mass is 472 g/mol. The average molecular weight is 473 g/mol. The number of hydrogen-bond donors (Lipinski definition) is 0. The fourth-order valence-corrected chi connectivity index (χ4v) is 6.51. The van der Waals surface area contributed by atoms with Crippen molar-refractivity contribution >= 4 is 21.5 Å². The van der Waals surface area contributed by atoms with Crippen LogP contribution in [0.5, 0.6) is 0 Å². The lowest BCUT2D eigenvalue weighted by Crippen LogP contribution is -2.25. The Morgan fingerprint density at radius 3 is 1.97 bits per heavy atom. The number of rotatable bonds is 3. The van der Waals surface area contributed by atoms with E-state index in [1.165, 1.54) is 54.6 Å². The lowest BCUT2D eigenvalue weighted by Gasteiger charge is -2.30. The Morgan fingerprint density at radius 1 is 0.625 bits per heavy atom. The van der Waals surface area contributed by atoms with E-state index in [2.05, 4.69) is 126 Å². The van der Waals surface area contributed by atoms with Crippen LogP contribution in [0.3, 0.4) is 0 Å². The maximum absolute atomic E-state index is 4.11. The maximum atomic E-state index is 4.11. The summed E-state index contributed by atoms with van der Waals surface area (Å²) in [6, 6.07) is 35.2. The highest BCUT2D eigenvalue weighted by molar-refractivity contribution is 9.12. The molecule has 1 atom stereocenters. The fraction of sp³-hybridized carbons (Fsp3) is 0.0323. The van der Waals surface area contributed by atoms with Crippen molar-refractivity contribution in [1.29, 1.82) is 0 Å². The second-order valence-electron chi connectivity index (χ2n) is 8.26. The molecule has 4 aromatic rings. The molecule has 0 aromatic heterocycles. The minimum atomic E-state index is -0.353. The third-order valence-electron chi connectivity index (χ3n) is 6.74. The second kappa shape index (κ2) is 7.32. The molecule has 0 bridgehead atoms. The molecular formula is C31H21Br. The molecule has 152 valence electrons. The number of halogens is 1. The molecule has 1 spiro atoms. The van der Waals surface area contributed by atoms with E-state index in [1.54, 1.807) is 0 Å². The van der Waals surface area contributed by atoms with Gasteiger partial charge in [0.15, 0.2) is 0 Å². The van der Waals surface area contributed by atoms with Crippen LogP contribution in [0.1, 0.15) is 22.3 Å². The highest BCUT2D eigenvalue weighted by Crippen LogP contribution is 2.64. The van der Waals surface area contributed by atoms with Crippen molar-refractivity contribution in [3.05, 3.63) is 149 Å². The van der Waals surface area contributed by atoms with Gasteiger partial charge in [0.2, 0.25) is 0 Å². The first-order valence-corrected chi connectivity index (χ1v) is 11.7. The van der Waals surface area contributed by atoms with E-state index in [1.807, 2.05) is 12.2 Å². The molecule has 0 amide bonds. The molecule has 0 N–H and O–H groups in total. The summed E-state index contributed by atoms with van der Waals surface area (Å²) in [6.45, 7) is 3.88. The van der Waals surface area contributed by atoms with Gasteiger partial charge >= 0.3 is 0 Å². The molecular weight excluding hydrogens is 452 g/mol. The SMILES string of the molecule is C=C/C=C\C1=C(Br)C2(c3ccccc31)c1ccccc1-c1c(-c3ccccc3)cccc12. The maximum Gasteiger partial charge on any atom is 0.0791 e. The first-order valence-electron chi connectivity index (χ1n) is 10.9. The van der Waals surface area contributed by atoms with Gasteiger partial charge in [-0.2, -0.15) is 0 Å². The number of benzene rings is 4. The Kier molecular flexibility index (Phi) is 4.41. The minimum Gasteiger partial charge on any atom is -0.0991 e. The van der Waals surface area contributed by atoms with Gasteiger partial charge < -0.3 is 0 Å². The van der Waals surface area contributed by atoms with Gasteiger partial charge in [0.05, 0.1) is 5.41 Å². The Labute approximate surface area is 197 Å². The van der Waals surface area contributed by atoms with Crippen molar-refractivity contribution in [1.82, 2.24) is 0 Å². The smallest absolute Gasteiger partial charge is 0.0791 e. The van der Waals surface area contributed by atoms with Gasteiger partial charge in [-0.3, -0.25) is 0 Å². The summed E-state index contributed by atoms with van der Waals surface area (Å²) >= 11 is 4.11. The summed E-state index contributed by atoms with van der Waals surface area (Å²) in [4.78, 5) is 0. The molecule has 0 saturated heterocycles. The van der Waals surface area contributed by atoms with E-state index < -0.39 is 0 Å². The van der Waals surface area contributed by atoms with Gasteiger partial charge in [0.1, 0.15) is 0 Å². The Hall–Kier alpha value is -3.42. The van der Waals surface area contributed by atoms with Gasteiger partial charge in [-0.25, -0.2) is 0 Å². The van der Waals surface area contributed by atoms with Crippen molar-refractivity contribution < 1.29 is 0 Å². The van der Waals surface area contributed by atoms with Gasteiger partial charge in [-0.15, -0.1) is 0 Å². The third-order valence-corrected chi connectivity index (χ3v) is 7.76. The zero-order chi connectivity index (χ0) is 21.7. The highest BCUT2D eigenvalue weighted by Gasteiger charge is 2.52. The molecule has 6 rings (SSSR count). The van der Waals surface area contributed by atoms with Gasteiger partial charge in [0.25, 0.3) is 0 Å². The molecule has 0 aliphatic heterocycles. The van der Waals surface area contributed by atoms with Crippen molar-refractivity contribution in [2.75, 3.05) is 0 Å². The largest absolute Gasteiger partial charge is 0.0991 e. The van der Waals surface area contributed by atoms with Crippen LogP contribution in [0.15, 0.2) is 126 Å². The zero-order valence-electron chi connectivity index (χ0n) is 17.6. The molecule has 0 fully saturated rings. The molecule has 1 heteroatoms. The quantitative estimate of drug-likeness (QED) is 0.262. The summed E-state index contributed by atoms with van der Waals surface area (Å²) in [5, 5.41) is 0. The van der Waals surface area contributed by atoms with E-state index in [4.69, 9.17) is 0 Å².